The third kappa shape index (κ3) is 4.98. The molecule has 0 aromatic heterocycles. The van der Waals surface area contributed by atoms with Gasteiger partial charge in [0.05, 0.1) is 11.5 Å². The number of carbonyl (C=O) groups excluding carboxylic acids is 2. The molecule has 0 saturated carbocycles. The highest BCUT2D eigenvalue weighted by Crippen LogP contribution is 2.28. The second kappa shape index (κ2) is 9.08. The van der Waals surface area contributed by atoms with Crippen molar-refractivity contribution in [3.8, 4) is 0 Å². The molecular formula is C18H27N3O2S. The topological polar surface area (TPSA) is 75.4 Å². The number of nitrogens with one attached hydrogen (secondary N) is 1. The fourth-order valence-electron chi connectivity index (χ4n) is 2.89. The number of benzene rings is 1. The Kier molecular flexibility index (Phi) is 7.12. The first-order valence-corrected chi connectivity index (χ1v) is 9.43. The molecule has 6 heteroatoms. The van der Waals surface area contributed by atoms with Gasteiger partial charge in [-0.3, -0.25) is 9.59 Å². The lowest BCUT2D eigenvalue weighted by Crippen LogP contribution is -2.46. The SMILES string of the molecule is CC(C)Sc1ccccc1C(=O)N1CCCC(C(=O)NCCN)C1. The number of thioether (sulfide) groups is 1. The number of amides is 2. The highest BCUT2D eigenvalue weighted by molar-refractivity contribution is 8.00. The van der Waals surface area contributed by atoms with E-state index in [1.165, 1.54) is 0 Å². The molecule has 1 aromatic rings. The zero-order chi connectivity index (χ0) is 17.5. The van der Waals surface area contributed by atoms with Crippen molar-refractivity contribution in [1.29, 1.82) is 0 Å². The molecule has 0 aliphatic carbocycles. The number of hydrogen-bond donors (Lipinski definition) is 2. The minimum absolute atomic E-state index is 0.00258. The summed E-state index contributed by atoms with van der Waals surface area (Å²) in [5.74, 6) is -0.114. The monoisotopic (exact) mass is 349 g/mol. The van der Waals surface area contributed by atoms with Gasteiger partial charge in [-0.1, -0.05) is 26.0 Å². The molecule has 24 heavy (non-hydrogen) atoms. The number of hydrogen-bond acceptors (Lipinski definition) is 4. The average molecular weight is 350 g/mol. The van der Waals surface area contributed by atoms with Gasteiger partial charge in [0, 0.05) is 36.3 Å². The van der Waals surface area contributed by atoms with Crippen LogP contribution in [0.25, 0.3) is 0 Å². The Balaban J connectivity index is 2.08. The second-order valence-corrected chi connectivity index (χ2v) is 7.95. The number of nitrogens with two attached hydrogens (primary N) is 1. The van der Waals surface area contributed by atoms with Crippen LogP contribution in [0.1, 0.15) is 37.0 Å². The minimum Gasteiger partial charge on any atom is -0.355 e. The maximum atomic E-state index is 12.9. The molecule has 0 radical (unpaired) electrons. The van der Waals surface area contributed by atoms with Crippen LogP contribution in [0.4, 0.5) is 0 Å². The van der Waals surface area contributed by atoms with Crippen LogP contribution in [0.5, 0.6) is 0 Å². The van der Waals surface area contributed by atoms with Crippen molar-refractivity contribution < 1.29 is 9.59 Å². The van der Waals surface area contributed by atoms with Crippen molar-refractivity contribution in [1.82, 2.24) is 10.2 Å². The Morgan fingerprint density at radius 2 is 2.12 bits per heavy atom. The zero-order valence-corrected chi connectivity index (χ0v) is 15.3. The Morgan fingerprint density at radius 1 is 1.38 bits per heavy atom. The highest BCUT2D eigenvalue weighted by atomic mass is 32.2. The van der Waals surface area contributed by atoms with Crippen LogP contribution in [0.3, 0.4) is 0 Å². The quantitative estimate of drug-likeness (QED) is 0.772. The Hall–Kier alpha value is -1.53. The van der Waals surface area contributed by atoms with Gasteiger partial charge in [-0.15, -0.1) is 11.8 Å². The van der Waals surface area contributed by atoms with Gasteiger partial charge in [0.1, 0.15) is 0 Å². The normalized spacial score (nSPS) is 17.8. The summed E-state index contributed by atoms with van der Waals surface area (Å²) in [6.07, 6.45) is 1.68. The number of likely N-dealkylation sites (tertiary alicyclic amines) is 1. The molecular weight excluding hydrogens is 322 g/mol. The molecule has 3 N–H and O–H groups in total. The van der Waals surface area contributed by atoms with Crippen LogP contribution in [0, 0.1) is 5.92 Å². The third-order valence-corrected chi connectivity index (χ3v) is 5.08. The molecule has 1 heterocycles. The van der Waals surface area contributed by atoms with Gasteiger partial charge in [-0.2, -0.15) is 0 Å². The molecule has 2 rings (SSSR count). The van der Waals surface area contributed by atoms with E-state index >= 15 is 0 Å². The number of piperidine rings is 1. The summed E-state index contributed by atoms with van der Waals surface area (Å²) in [5.41, 5.74) is 6.17. The Labute approximate surface area is 148 Å². The maximum absolute atomic E-state index is 12.9. The lowest BCUT2D eigenvalue weighted by Gasteiger charge is -2.32. The van der Waals surface area contributed by atoms with E-state index in [0.717, 1.165) is 23.3 Å². The Bertz CT molecular complexity index is 577. The van der Waals surface area contributed by atoms with Crippen molar-refractivity contribution in [3.05, 3.63) is 29.8 Å². The van der Waals surface area contributed by atoms with Crippen molar-refractivity contribution in [3.63, 3.8) is 0 Å². The van der Waals surface area contributed by atoms with E-state index < -0.39 is 0 Å². The van der Waals surface area contributed by atoms with Crippen molar-refractivity contribution in [2.45, 2.75) is 36.8 Å². The van der Waals surface area contributed by atoms with Gasteiger partial charge in [0.15, 0.2) is 0 Å². The number of carbonyl (C=O) groups is 2. The predicted octanol–water partition coefficient (Wildman–Crippen LogP) is 2.11. The minimum atomic E-state index is -0.140. The molecule has 2 amide bonds. The molecule has 5 nitrogen and oxygen atoms in total. The maximum Gasteiger partial charge on any atom is 0.255 e. The molecule has 1 aliphatic rings. The smallest absolute Gasteiger partial charge is 0.255 e. The summed E-state index contributed by atoms with van der Waals surface area (Å²) >= 11 is 1.69. The van der Waals surface area contributed by atoms with E-state index in [2.05, 4.69) is 19.2 Å². The summed E-state index contributed by atoms with van der Waals surface area (Å²) in [7, 11) is 0. The number of rotatable bonds is 6. The highest BCUT2D eigenvalue weighted by Gasteiger charge is 2.29. The molecule has 1 fully saturated rings. The largest absolute Gasteiger partial charge is 0.355 e. The predicted molar refractivity (Wildman–Crippen MR) is 98.1 cm³/mol. The van der Waals surface area contributed by atoms with Gasteiger partial charge >= 0.3 is 0 Å². The molecule has 0 bridgehead atoms. The summed E-state index contributed by atoms with van der Waals surface area (Å²) in [5, 5.41) is 3.24. The van der Waals surface area contributed by atoms with Gasteiger partial charge in [-0.05, 0) is 25.0 Å². The average Bonchev–Trinajstić information content (AvgIpc) is 2.59. The summed E-state index contributed by atoms with van der Waals surface area (Å²) in [6.45, 7) is 6.34. The lowest BCUT2D eigenvalue weighted by atomic mass is 9.96. The van der Waals surface area contributed by atoms with Crippen molar-refractivity contribution in [2.24, 2.45) is 11.7 Å². The standard InChI is InChI=1S/C18H27N3O2S/c1-13(2)24-16-8-4-3-7-15(16)18(23)21-11-5-6-14(12-21)17(22)20-10-9-19/h3-4,7-8,13-14H,5-6,9-12,19H2,1-2H3,(H,20,22). The zero-order valence-electron chi connectivity index (χ0n) is 14.5. The Morgan fingerprint density at radius 3 is 2.83 bits per heavy atom. The number of nitrogens with zero attached hydrogens (tertiary/aromatic N) is 1. The van der Waals surface area contributed by atoms with E-state index in [0.29, 0.717) is 31.4 Å². The fourth-order valence-corrected chi connectivity index (χ4v) is 3.83. The third-order valence-electron chi connectivity index (χ3n) is 4.00. The van der Waals surface area contributed by atoms with E-state index in [1.807, 2.05) is 29.2 Å². The molecule has 0 spiro atoms. The van der Waals surface area contributed by atoms with E-state index in [-0.39, 0.29) is 17.7 Å². The van der Waals surface area contributed by atoms with Crippen LogP contribution < -0.4 is 11.1 Å². The van der Waals surface area contributed by atoms with Crippen LogP contribution >= 0.6 is 11.8 Å². The van der Waals surface area contributed by atoms with Crippen molar-refractivity contribution in [2.75, 3.05) is 26.2 Å². The van der Waals surface area contributed by atoms with Gasteiger partial charge in [0.2, 0.25) is 5.91 Å². The first-order valence-electron chi connectivity index (χ1n) is 8.55. The van der Waals surface area contributed by atoms with Crippen LogP contribution in [0.2, 0.25) is 0 Å². The first-order chi connectivity index (χ1) is 11.5. The lowest BCUT2D eigenvalue weighted by molar-refractivity contribution is -0.126. The summed E-state index contributed by atoms with van der Waals surface area (Å²) in [6, 6.07) is 7.73. The second-order valence-electron chi connectivity index (χ2n) is 6.33. The molecule has 1 aromatic carbocycles. The van der Waals surface area contributed by atoms with E-state index in [4.69, 9.17) is 5.73 Å². The van der Waals surface area contributed by atoms with Crippen LogP contribution in [0.15, 0.2) is 29.2 Å². The first kappa shape index (κ1) is 18.8. The fraction of sp³-hybridized carbons (Fsp3) is 0.556. The van der Waals surface area contributed by atoms with Crippen molar-refractivity contribution >= 4 is 23.6 Å². The van der Waals surface area contributed by atoms with Gasteiger partial charge in [0.25, 0.3) is 5.91 Å². The van der Waals surface area contributed by atoms with Crippen LogP contribution in [-0.4, -0.2) is 48.1 Å². The van der Waals surface area contributed by atoms with Gasteiger partial charge < -0.3 is 16.0 Å². The molecule has 1 aliphatic heterocycles. The van der Waals surface area contributed by atoms with Gasteiger partial charge in [-0.25, -0.2) is 0 Å². The molecule has 1 atom stereocenters. The van der Waals surface area contributed by atoms with E-state index in [1.54, 1.807) is 11.8 Å². The molecule has 132 valence electrons. The van der Waals surface area contributed by atoms with E-state index in [9.17, 15) is 9.59 Å². The van der Waals surface area contributed by atoms with Crippen LogP contribution in [-0.2, 0) is 4.79 Å². The summed E-state index contributed by atoms with van der Waals surface area (Å²) < 4.78 is 0. The molecule has 1 saturated heterocycles. The summed E-state index contributed by atoms with van der Waals surface area (Å²) in [4.78, 5) is 27.9. The molecule has 1 unspecified atom stereocenters.